The van der Waals surface area contributed by atoms with Crippen LogP contribution in [0.4, 0.5) is 0 Å². The normalized spacial score (nSPS) is 15.9. The van der Waals surface area contributed by atoms with Gasteiger partial charge in [0.15, 0.2) is 5.96 Å². The largest absolute Gasteiger partial charge is 0.357 e. The van der Waals surface area contributed by atoms with E-state index in [1.165, 1.54) is 5.56 Å². The second kappa shape index (κ2) is 9.73. The minimum atomic E-state index is 0. The zero-order chi connectivity index (χ0) is 16.8. The van der Waals surface area contributed by atoms with Gasteiger partial charge in [0.25, 0.3) is 0 Å². The first-order valence-electron chi connectivity index (χ1n) is 8.64. The minimum absolute atomic E-state index is 0. The number of hydrogen-bond donors (Lipinski definition) is 2. The Labute approximate surface area is 165 Å². The third-order valence-corrected chi connectivity index (χ3v) is 4.30. The van der Waals surface area contributed by atoms with Crippen molar-refractivity contribution in [1.82, 2.24) is 35.2 Å². The summed E-state index contributed by atoms with van der Waals surface area (Å²) in [5, 5.41) is 14.7. The molecule has 0 saturated carbocycles. The molecule has 0 aromatic carbocycles. The van der Waals surface area contributed by atoms with Crippen molar-refractivity contribution >= 4 is 29.9 Å². The van der Waals surface area contributed by atoms with Crippen LogP contribution in [0.3, 0.4) is 0 Å². The molecule has 0 atom stereocenters. The van der Waals surface area contributed by atoms with Gasteiger partial charge in [-0.25, -0.2) is 4.98 Å². The molecule has 8 nitrogen and oxygen atoms in total. The molecule has 2 aromatic rings. The molecule has 0 unspecified atom stereocenters. The predicted octanol–water partition coefficient (Wildman–Crippen LogP) is 1.77. The summed E-state index contributed by atoms with van der Waals surface area (Å²) < 4.78 is 1.94. The van der Waals surface area contributed by atoms with Gasteiger partial charge in [-0.2, -0.15) is 10.2 Å². The Balaban J connectivity index is 0.00000225. The monoisotopic (exact) mass is 458 g/mol. The van der Waals surface area contributed by atoms with Crippen molar-refractivity contribution in [2.24, 2.45) is 4.99 Å². The van der Waals surface area contributed by atoms with Crippen molar-refractivity contribution in [3.05, 3.63) is 30.1 Å². The van der Waals surface area contributed by atoms with Crippen molar-refractivity contribution < 1.29 is 0 Å². The van der Waals surface area contributed by atoms with Gasteiger partial charge in [-0.1, -0.05) is 0 Å². The zero-order valence-corrected chi connectivity index (χ0v) is 17.2. The number of hydrogen-bond acceptors (Lipinski definition) is 4. The Morgan fingerprint density at radius 3 is 2.80 bits per heavy atom. The summed E-state index contributed by atoms with van der Waals surface area (Å²) in [4.78, 5) is 11.4. The highest BCUT2D eigenvalue weighted by atomic mass is 127. The van der Waals surface area contributed by atoms with E-state index in [-0.39, 0.29) is 24.0 Å². The van der Waals surface area contributed by atoms with Crippen molar-refractivity contribution in [1.29, 1.82) is 0 Å². The van der Waals surface area contributed by atoms with Gasteiger partial charge in [-0.05, 0) is 32.3 Å². The quantitative estimate of drug-likeness (QED) is 0.405. The summed E-state index contributed by atoms with van der Waals surface area (Å²) in [6, 6.07) is 0. The molecular weight excluding hydrogens is 431 g/mol. The Kier molecular flexibility index (Phi) is 7.66. The second-order valence-corrected chi connectivity index (χ2v) is 6.15. The van der Waals surface area contributed by atoms with E-state index in [4.69, 9.17) is 4.99 Å². The van der Waals surface area contributed by atoms with Gasteiger partial charge in [0.05, 0.1) is 19.3 Å². The molecule has 2 N–H and O–H groups in total. The van der Waals surface area contributed by atoms with E-state index < -0.39 is 0 Å². The highest BCUT2D eigenvalue weighted by molar-refractivity contribution is 14.0. The molecule has 3 heterocycles. The van der Waals surface area contributed by atoms with Crippen LogP contribution in [-0.2, 0) is 6.54 Å². The fourth-order valence-corrected chi connectivity index (χ4v) is 3.05. The summed E-state index contributed by atoms with van der Waals surface area (Å²) in [6.07, 6.45) is 7.65. The van der Waals surface area contributed by atoms with Crippen LogP contribution in [0.25, 0.3) is 0 Å². The van der Waals surface area contributed by atoms with Gasteiger partial charge in [0.1, 0.15) is 12.2 Å². The van der Waals surface area contributed by atoms with E-state index in [2.05, 4.69) is 44.3 Å². The van der Waals surface area contributed by atoms with E-state index in [9.17, 15) is 0 Å². The summed E-state index contributed by atoms with van der Waals surface area (Å²) >= 11 is 0. The Bertz CT molecular complexity index is 643. The first kappa shape index (κ1) is 19.7. The number of aromatic nitrogens is 5. The lowest BCUT2D eigenvalue weighted by molar-refractivity contribution is 0.298. The molecule has 0 amide bonds. The van der Waals surface area contributed by atoms with Gasteiger partial charge in [0.2, 0.25) is 0 Å². The third-order valence-electron chi connectivity index (χ3n) is 4.30. The molecular formula is C16H27IN8. The molecule has 0 aliphatic carbocycles. The first-order chi connectivity index (χ1) is 11.8. The average Bonchev–Trinajstić information content (AvgIpc) is 3.26. The number of nitrogens with zero attached hydrogens (tertiary/aromatic N) is 6. The van der Waals surface area contributed by atoms with Crippen LogP contribution in [-0.4, -0.2) is 62.0 Å². The third kappa shape index (κ3) is 5.41. The Morgan fingerprint density at radius 2 is 2.20 bits per heavy atom. The molecule has 0 radical (unpaired) electrons. The predicted molar refractivity (Wildman–Crippen MR) is 108 cm³/mol. The number of piperidine rings is 1. The van der Waals surface area contributed by atoms with Crippen LogP contribution >= 0.6 is 24.0 Å². The number of likely N-dealkylation sites (tertiary alicyclic amines) is 1. The SMILES string of the molecule is CCNC(=NCCn1cc(C)cn1)N1CCC(c2ncn[nH]2)CC1.I. The van der Waals surface area contributed by atoms with Crippen molar-refractivity contribution in [2.75, 3.05) is 26.2 Å². The smallest absolute Gasteiger partial charge is 0.193 e. The van der Waals surface area contributed by atoms with E-state index in [1.807, 2.05) is 17.1 Å². The fraction of sp³-hybridized carbons (Fsp3) is 0.625. The molecule has 0 spiro atoms. The van der Waals surface area contributed by atoms with Gasteiger partial charge >= 0.3 is 0 Å². The number of rotatable bonds is 5. The van der Waals surface area contributed by atoms with E-state index in [0.717, 1.165) is 57.3 Å². The summed E-state index contributed by atoms with van der Waals surface area (Å²) in [7, 11) is 0. The number of guanidine groups is 1. The molecule has 1 aliphatic rings. The maximum Gasteiger partial charge on any atom is 0.193 e. The molecule has 2 aromatic heterocycles. The van der Waals surface area contributed by atoms with Gasteiger partial charge in [-0.3, -0.25) is 14.8 Å². The highest BCUT2D eigenvalue weighted by Crippen LogP contribution is 2.24. The second-order valence-electron chi connectivity index (χ2n) is 6.15. The lowest BCUT2D eigenvalue weighted by Crippen LogP contribution is -2.45. The number of halogens is 1. The lowest BCUT2D eigenvalue weighted by atomic mass is 9.96. The maximum atomic E-state index is 4.76. The van der Waals surface area contributed by atoms with Crippen LogP contribution in [0.2, 0.25) is 0 Å². The van der Waals surface area contributed by atoms with Crippen LogP contribution < -0.4 is 5.32 Å². The van der Waals surface area contributed by atoms with Crippen molar-refractivity contribution in [3.63, 3.8) is 0 Å². The van der Waals surface area contributed by atoms with Gasteiger partial charge in [-0.15, -0.1) is 24.0 Å². The average molecular weight is 458 g/mol. The summed E-state index contributed by atoms with van der Waals surface area (Å²) in [5.41, 5.74) is 1.18. The molecule has 25 heavy (non-hydrogen) atoms. The molecule has 9 heteroatoms. The summed E-state index contributed by atoms with van der Waals surface area (Å²) in [5.74, 6) is 2.47. The van der Waals surface area contributed by atoms with Crippen LogP contribution in [0.1, 0.15) is 37.1 Å². The van der Waals surface area contributed by atoms with Crippen LogP contribution in [0, 0.1) is 6.92 Å². The van der Waals surface area contributed by atoms with E-state index in [1.54, 1.807) is 6.33 Å². The molecule has 1 saturated heterocycles. The van der Waals surface area contributed by atoms with E-state index >= 15 is 0 Å². The Hall–Kier alpha value is -1.65. The summed E-state index contributed by atoms with van der Waals surface area (Å²) in [6.45, 7) is 8.53. The topological polar surface area (TPSA) is 87.0 Å². The maximum absolute atomic E-state index is 4.76. The number of H-pyrrole nitrogens is 1. The highest BCUT2D eigenvalue weighted by Gasteiger charge is 2.24. The number of aliphatic imine (C=N–C) groups is 1. The fourth-order valence-electron chi connectivity index (χ4n) is 3.05. The molecule has 1 aliphatic heterocycles. The number of aryl methyl sites for hydroxylation is 1. The van der Waals surface area contributed by atoms with Crippen LogP contribution in [0.5, 0.6) is 0 Å². The molecule has 0 bridgehead atoms. The van der Waals surface area contributed by atoms with Gasteiger partial charge in [0, 0.05) is 31.7 Å². The molecule has 1 fully saturated rings. The lowest BCUT2D eigenvalue weighted by Gasteiger charge is -2.33. The standard InChI is InChI=1S/C16H26N8.HI/c1-3-17-16(18-6-9-24-11-13(2)10-21-24)23-7-4-14(5-8-23)15-19-12-20-22-15;/h10-12,14H,3-9H2,1-2H3,(H,17,18)(H,19,20,22);1H. The number of nitrogens with one attached hydrogen (secondary N) is 2. The van der Waals surface area contributed by atoms with Crippen molar-refractivity contribution in [3.8, 4) is 0 Å². The van der Waals surface area contributed by atoms with Crippen LogP contribution in [0.15, 0.2) is 23.7 Å². The van der Waals surface area contributed by atoms with Crippen molar-refractivity contribution in [2.45, 2.75) is 39.2 Å². The van der Waals surface area contributed by atoms with Gasteiger partial charge < -0.3 is 10.2 Å². The van der Waals surface area contributed by atoms with E-state index in [0.29, 0.717) is 5.92 Å². The zero-order valence-electron chi connectivity index (χ0n) is 14.9. The minimum Gasteiger partial charge on any atom is -0.357 e. The molecule has 138 valence electrons. The first-order valence-corrected chi connectivity index (χ1v) is 8.64. The Morgan fingerprint density at radius 1 is 1.40 bits per heavy atom. The molecule has 3 rings (SSSR count). The number of aromatic amines is 1.